The normalized spacial score (nSPS) is 20.2. The summed E-state index contributed by atoms with van der Waals surface area (Å²) >= 11 is 0. The summed E-state index contributed by atoms with van der Waals surface area (Å²) in [5.41, 5.74) is 2.11. The molecule has 1 fully saturated rings. The standard InChI is InChI=1S/C26H21F3N2O4/c27-26(28,29)35-20-5-3-4-19(14-20)34-21-12-13-31(33,16-21)18-10-8-17(9-11-18)24-15-30-25(32)23-7-2-1-6-22(23)24/h1-11,14-15,21H,12-13,16H2,(H,30,32). The number of alkyl halides is 3. The lowest BCUT2D eigenvalue weighted by atomic mass is 10.0. The Balaban J connectivity index is 1.32. The Hall–Kier alpha value is -3.82. The summed E-state index contributed by atoms with van der Waals surface area (Å²) in [5.74, 6) is -0.160. The Morgan fingerprint density at radius 2 is 1.66 bits per heavy atom. The number of hydrogen-bond acceptors (Lipinski definition) is 4. The van der Waals surface area contributed by atoms with Crippen molar-refractivity contribution in [2.45, 2.75) is 18.9 Å². The van der Waals surface area contributed by atoms with E-state index in [1.54, 1.807) is 30.5 Å². The Labute approximate surface area is 198 Å². The average Bonchev–Trinajstić information content (AvgIpc) is 3.20. The summed E-state index contributed by atoms with van der Waals surface area (Å²) in [7, 11) is 0. The van der Waals surface area contributed by atoms with Crippen molar-refractivity contribution in [3.8, 4) is 22.6 Å². The van der Waals surface area contributed by atoms with Crippen LogP contribution in [0.4, 0.5) is 18.9 Å². The highest BCUT2D eigenvalue weighted by molar-refractivity contribution is 5.95. The van der Waals surface area contributed by atoms with Crippen LogP contribution in [0.15, 0.2) is 83.8 Å². The van der Waals surface area contributed by atoms with Crippen molar-refractivity contribution in [3.05, 3.63) is 94.6 Å². The second-order valence-corrected chi connectivity index (χ2v) is 8.47. The molecule has 2 unspecified atom stereocenters. The van der Waals surface area contributed by atoms with Crippen LogP contribution < -0.4 is 19.7 Å². The van der Waals surface area contributed by atoms with Gasteiger partial charge in [0.1, 0.15) is 23.7 Å². The highest BCUT2D eigenvalue weighted by Crippen LogP contribution is 2.34. The van der Waals surface area contributed by atoms with E-state index in [9.17, 15) is 23.2 Å². The van der Waals surface area contributed by atoms with Crippen LogP contribution in [0, 0.1) is 5.21 Å². The van der Waals surface area contributed by atoms with E-state index in [0.717, 1.165) is 22.6 Å². The molecule has 1 aliphatic rings. The number of nitrogens with one attached hydrogen (secondary N) is 1. The first-order valence-corrected chi connectivity index (χ1v) is 11.0. The lowest BCUT2D eigenvalue weighted by Crippen LogP contribution is -2.41. The highest BCUT2D eigenvalue weighted by Gasteiger charge is 2.35. The quantitative estimate of drug-likeness (QED) is 0.290. The minimum Gasteiger partial charge on any atom is -0.627 e. The number of aromatic nitrogens is 1. The summed E-state index contributed by atoms with van der Waals surface area (Å²) in [4.78, 5) is 14.9. The van der Waals surface area contributed by atoms with Gasteiger partial charge in [-0.2, -0.15) is 0 Å². The number of benzene rings is 3. The number of pyridine rings is 1. The number of halogens is 3. The summed E-state index contributed by atoms with van der Waals surface area (Å²) in [6.45, 7) is 0.412. The number of aromatic amines is 1. The molecule has 1 saturated heterocycles. The SMILES string of the molecule is O=c1[nH]cc(-c2ccc([N+]3([O-])CCC(Oc4cccc(OC(F)(F)F)c4)C3)cc2)c2ccccc12. The number of hydroxylamine groups is 2. The van der Waals surface area contributed by atoms with E-state index in [4.69, 9.17) is 4.74 Å². The molecule has 1 aromatic heterocycles. The number of rotatable bonds is 5. The van der Waals surface area contributed by atoms with Crippen LogP contribution >= 0.6 is 0 Å². The van der Waals surface area contributed by atoms with Gasteiger partial charge in [-0.3, -0.25) is 4.79 Å². The van der Waals surface area contributed by atoms with Crippen molar-refractivity contribution in [1.82, 2.24) is 9.63 Å². The summed E-state index contributed by atoms with van der Waals surface area (Å²) < 4.78 is 46.6. The van der Waals surface area contributed by atoms with Gasteiger partial charge in [-0.25, -0.2) is 0 Å². The van der Waals surface area contributed by atoms with E-state index in [1.165, 1.54) is 18.2 Å². The van der Waals surface area contributed by atoms with Crippen LogP contribution in [-0.4, -0.2) is 30.5 Å². The smallest absolute Gasteiger partial charge is 0.573 e. The topological polar surface area (TPSA) is 74.4 Å². The number of quaternary nitrogens is 1. The van der Waals surface area contributed by atoms with E-state index in [1.807, 2.05) is 24.3 Å². The van der Waals surface area contributed by atoms with Gasteiger partial charge < -0.3 is 24.3 Å². The molecule has 180 valence electrons. The number of H-pyrrole nitrogens is 1. The molecular weight excluding hydrogens is 461 g/mol. The number of fused-ring (bicyclic) bond motifs is 1. The van der Waals surface area contributed by atoms with Gasteiger partial charge in [-0.05, 0) is 41.3 Å². The van der Waals surface area contributed by atoms with E-state index in [-0.39, 0.29) is 30.1 Å². The third-order valence-corrected chi connectivity index (χ3v) is 6.11. The second-order valence-electron chi connectivity index (χ2n) is 8.47. The van der Waals surface area contributed by atoms with Crippen LogP contribution in [0.2, 0.25) is 0 Å². The third-order valence-electron chi connectivity index (χ3n) is 6.11. The number of hydrogen-bond donors (Lipinski definition) is 1. The van der Waals surface area contributed by atoms with E-state index < -0.39 is 17.1 Å². The molecule has 3 aromatic carbocycles. The van der Waals surface area contributed by atoms with Crippen molar-refractivity contribution >= 4 is 16.5 Å². The lowest BCUT2D eigenvalue weighted by molar-refractivity contribution is -0.274. The molecule has 1 aliphatic heterocycles. The second kappa shape index (κ2) is 8.75. The van der Waals surface area contributed by atoms with E-state index in [0.29, 0.717) is 17.5 Å². The molecule has 0 amide bonds. The van der Waals surface area contributed by atoms with Gasteiger partial charge in [0.25, 0.3) is 5.56 Å². The van der Waals surface area contributed by atoms with Crippen LogP contribution in [0.3, 0.4) is 0 Å². The molecule has 0 spiro atoms. The molecule has 6 nitrogen and oxygen atoms in total. The zero-order chi connectivity index (χ0) is 24.6. The molecule has 35 heavy (non-hydrogen) atoms. The predicted molar refractivity (Wildman–Crippen MR) is 127 cm³/mol. The Morgan fingerprint density at radius 3 is 2.40 bits per heavy atom. The molecular formula is C26H21F3N2O4. The highest BCUT2D eigenvalue weighted by atomic mass is 19.4. The molecule has 0 radical (unpaired) electrons. The first kappa shape index (κ1) is 22.9. The lowest BCUT2D eigenvalue weighted by Gasteiger charge is -2.38. The fourth-order valence-electron chi connectivity index (χ4n) is 4.49. The Bertz CT molecular complexity index is 1420. The first-order valence-electron chi connectivity index (χ1n) is 11.0. The average molecular weight is 482 g/mol. The minimum absolute atomic E-state index is 0.130. The molecule has 1 N–H and O–H groups in total. The zero-order valence-electron chi connectivity index (χ0n) is 18.4. The van der Waals surface area contributed by atoms with Crippen molar-refractivity contribution < 1.29 is 22.6 Å². The molecule has 2 heterocycles. The molecule has 2 atom stereocenters. The monoisotopic (exact) mass is 482 g/mol. The largest absolute Gasteiger partial charge is 0.627 e. The maximum Gasteiger partial charge on any atom is 0.573 e. The van der Waals surface area contributed by atoms with Crippen LogP contribution in [-0.2, 0) is 0 Å². The van der Waals surface area contributed by atoms with Gasteiger partial charge in [0, 0.05) is 41.8 Å². The van der Waals surface area contributed by atoms with Gasteiger partial charge in [0.2, 0.25) is 0 Å². The van der Waals surface area contributed by atoms with E-state index in [2.05, 4.69) is 9.72 Å². The Morgan fingerprint density at radius 1 is 0.943 bits per heavy atom. The molecule has 0 saturated carbocycles. The molecule has 0 bridgehead atoms. The minimum atomic E-state index is -4.79. The first-order chi connectivity index (χ1) is 16.7. The van der Waals surface area contributed by atoms with Gasteiger partial charge >= 0.3 is 6.36 Å². The van der Waals surface area contributed by atoms with Crippen molar-refractivity contribution in [2.24, 2.45) is 0 Å². The Kier molecular flexibility index (Phi) is 5.74. The zero-order valence-corrected chi connectivity index (χ0v) is 18.4. The number of nitrogens with zero attached hydrogens (tertiary/aromatic N) is 1. The summed E-state index contributed by atoms with van der Waals surface area (Å²) in [5, 5.41) is 14.9. The molecule has 9 heteroatoms. The van der Waals surface area contributed by atoms with Crippen LogP contribution in [0.1, 0.15) is 6.42 Å². The number of ether oxygens (including phenoxy) is 2. The van der Waals surface area contributed by atoms with Crippen LogP contribution in [0.25, 0.3) is 21.9 Å². The maximum atomic E-state index is 13.5. The third kappa shape index (κ3) is 4.87. The van der Waals surface area contributed by atoms with Gasteiger partial charge in [0.05, 0.1) is 6.54 Å². The van der Waals surface area contributed by atoms with Gasteiger partial charge in [-0.1, -0.05) is 24.3 Å². The van der Waals surface area contributed by atoms with Gasteiger partial charge in [-0.15, -0.1) is 13.2 Å². The van der Waals surface area contributed by atoms with Crippen molar-refractivity contribution in [2.75, 3.05) is 13.1 Å². The predicted octanol–water partition coefficient (Wildman–Crippen LogP) is 5.75. The van der Waals surface area contributed by atoms with Gasteiger partial charge in [0.15, 0.2) is 6.10 Å². The summed E-state index contributed by atoms with van der Waals surface area (Å²) in [6.07, 6.45) is -3.12. The summed E-state index contributed by atoms with van der Waals surface area (Å²) in [6, 6.07) is 19.8. The maximum absolute atomic E-state index is 13.5. The van der Waals surface area contributed by atoms with Crippen LogP contribution in [0.5, 0.6) is 11.5 Å². The van der Waals surface area contributed by atoms with E-state index >= 15 is 0 Å². The fraction of sp³-hybridized carbons (Fsp3) is 0.192. The molecule has 0 aliphatic carbocycles. The fourth-order valence-corrected chi connectivity index (χ4v) is 4.49. The van der Waals surface area contributed by atoms with Crippen molar-refractivity contribution in [3.63, 3.8) is 0 Å². The molecule has 4 aromatic rings. The molecule has 5 rings (SSSR count). The van der Waals surface area contributed by atoms with Crippen molar-refractivity contribution in [1.29, 1.82) is 0 Å².